The van der Waals surface area contributed by atoms with Gasteiger partial charge in [-0.1, -0.05) is 0 Å². The van der Waals surface area contributed by atoms with Crippen LogP contribution in [0.5, 0.6) is 0 Å². The van der Waals surface area contributed by atoms with E-state index in [1.165, 1.54) is 22.2 Å². The predicted molar refractivity (Wildman–Crippen MR) is 78.4 cm³/mol. The van der Waals surface area contributed by atoms with E-state index in [1.54, 1.807) is 11.4 Å². The highest BCUT2D eigenvalue weighted by atomic mass is 32.1. The summed E-state index contributed by atoms with van der Waals surface area (Å²) in [6, 6.07) is 1.72. The molecule has 0 spiro atoms. The highest BCUT2D eigenvalue weighted by Gasteiger charge is 2.07. The van der Waals surface area contributed by atoms with Crippen LogP contribution in [0.4, 0.5) is 0 Å². The fourth-order valence-corrected chi connectivity index (χ4v) is 2.55. The number of hydrogen-bond acceptors (Lipinski definition) is 5. The summed E-state index contributed by atoms with van der Waals surface area (Å²) in [5, 5.41) is 13.5. The topological polar surface area (TPSA) is 101 Å². The molecule has 0 saturated carbocycles. The number of carboxylic acid groups (broad SMARTS) is 1. The quantitative estimate of drug-likeness (QED) is 0.738. The van der Waals surface area contributed by atoms with Crippen LogP contribution in [0.25, 0.3) is 10.2 Å². The molecule has 0 radical (unpaired) electrons. The van der Waals surface area contributed by atoms with Crippen molar-refractivity contribution in [3.63, 3.8) is 0 Å². The largest absolute Gasteiger partial charge is 0.481 e. The zero-order chi connectivity index (χ0) is 15.2. The molecule has 8 heteroatoms. The zero-order valence-corrected chi connectivity index (χ0v) is 12.1. The fraction of sp³-hybridized carbons (Fsp3) is 0.385. The number of carboxylic acids is 1. The Morgan fingerprint density at radius 3 is 2.95 bits per heavy atom. The molecule has 21 heavy (non-hydrogen) atoms. The van der Waals surface area contributed by atoms with Crippen molar-refractivity contribution in [1.29, 1.82) is 0 Å². The molecule has 0 aliphatic carbocycles. The van der Waals surface area contributed by atoms with E-state index >= 15 is 0 Å². The molecule has 0 aliphatic heterocycles. The lowest BCUT2D eigenvalue weighted by molar-refractivity contribution is -0.137. The first-order chi connectivity index (χ1) is 10.1. The molecule has 0 fully saturated rings. The molecule has 2 rings (SSSR count). The number of fused-ring (bicyclic) bond motifs is 1. The molecular formula is C13H15N3O4S. The van der Waals surface area contributed by atoms with Gasteiger partial charge in [0.2, 0.25) is 5.91 Å². The van der Waals surface area contributed by atoms with E-state index < -0.39 is 5.97 Å². The van der Waals surface area contributed by atoms with Crippen molar-refractivity contribution >= 4 is 33.4 Å². The number of nitrogens with zero attached hydrogens (tertiary/aromatic N) is 2. The summed E-state index contributed by atoms with van der Waals surface area (Å²) in [4.78, 5) is 38.8. The average Bonchev–Trinajstić information content (AvgIpc) is 2.92. The van der Waals surface area contributed by atoms with Gasteiger partial charge in [-0.3, -0.25) is 19.0 Å². The first-order valence-electron chi connectivity index (χ1n) is 6.49. The SMILES string of the molecule is O=C(O)CCCNC(=O)CCn1cnc2sccc2c1=O. The first-order valence-corrected chi connectivity index (χ1v) is 7.37. The second kappa shape index (κ2) is 6.98. The van der Waals surface area contributed by atoms with Gasteiger partial charge < -0.3 is 10.4 Å². The van der Waals surface area contributed by atoms with Crippen LogP contribution in [-0.2, 0) is 16.1 Å². The van der Waals surface area contributed by atoms with Gasteiger partial charge in [0.1, 0.15) is 4.83 Å². The minimum Gasteiger partial charge on any atom is -0.481 e. The van der Waals surface area contributed by atoms with Gasteiger partial charge in [0, 0.05) is 25.9 Å². The predicted octanol–water partition coefficient (Wildman–Crippen LogP) is 0.829. The number of aliphatic carboxylic acids is 1. The van der Waals surface area contributed by atoms with Gasteiger partial charge in [0.15, 0.2) is 0 Å². The molecule has 0 atom stereocenters. The Labute approximate surface area is 124 Å². The van der Waals surface area contributed by atoms with Crippen molar-refractivity contribution < 1.29 is 14.7 Å². The molecule has 2 N–H and O–H groups in total. The Kier molecular flexibility index (Phi) is 5.04. The maximum absolute atomic E-state index is 12.1. The minimum atomic E-state index is -0.883. The van der Waals surface area contributed by atoms with E-state index in [0.717, 1.165) is 0 Å². The van der Waals surface area contributed by atoms with Crippen molar-refractivity contribution in [2.75, 3.05) is 6.54 Å². The highest BCUT2D eigenvalue weighted by molar-refractivity contribution is 7.16. The third-order valence-corrected chi connectivity index (χ3v) is 3.74. The Morgan fingerprint density at radius 1 is 1.38 bits per heavy atom. The summed E-state index contributed by atoms with van der Waals surface area (Å²) in [5.74, 6) is -1.09. The van der Waals surface area contributed by atoms with Crippen LogP contribution in [0.1, 0.15) is 19.3 Å². The summed E-state index contributed by atoms with van der Waals surface area (Å²) in [7, 11) is 0. The number of aromatic nitrogens is 2. The smallest absolute Gasteiger partial charge is 0.303 e. The second-order valence-corrected chi connectivity index (χ2v) is 5.37. The van der Waals surface area contributed by atoms with Crippen LogP contribution >= 0.6 is 11.3 Å². The van der Waals surface area contributed by atoms with Gasteiger partial charge in [-0.15, -0.1) is 11.3 Å². The number of amides is 1. The van der Waals surface area contributed by atoms with Crippen LogP contribution in [0.2, 0.25) is 0 Å². The molecule has 2 aromatic heterocycles. The number of rotatable bonds is 7. The average molecular weight is 309 g/mol. The molecule has 0 saturated heterocycles. The molecule has 0 unspecified atom stereocenters. The summed E-state index contributed by atoms with van der Waals surface area (Å²) >= 11 is 1.40. The van der Waals surface area contributed by atoms with Crippen molar-refractivity contribution in [3.05, 3.63) is 28.1 Å². The Bertz CT molecular complexity index is 707. The Morgan fingerprint density at radius 2 is 2.19 bits per heavy atom. The third kappa shape index (κ3) is 4.12. The molecule has 2 aromatic rings. The van der Waals surface area contributed by atoms with Crippen LogP contribution in [0, 0.1) is 0 Å². The van der Waals surface area contributed by atoms with E-state index in [-0.39, 0.29) is 30.9 Å². The number of hydrogen-bond donors (Lipinski definition) is 2. The fourth-order valence-electron chi connectivity index (χ4n) is 1.83. The summed E-state index contributed by atoms with van der Waals surface area (Å²) < 4.78 is 1.41. The number of carbonyl (C=O) groups is 2. The van der Waals surface area contributed by atoms with E-state index in [2.05, 4.69) is 10.3 Å². The molecule has 2 heterocycles. The van der Waals surface area contributed by atoms with Gasteiger partial charge >= 0.3 is 5.97 Å². The molecule has 112 valence electrons. The lowest BCUT2D eigenvalue weighted by Gasteiger charge is -2.06. The number of thiophene rings is 1. The summed E-state index contributed by atoms with van der Waals surface area (Å²) in [5.41, 5.74) is -0.153. The van der Waals surface area contributed by atoms with Crippen LogP contribution in [0.15, 0.2) is 22.6 Å². The summed E-state index contributed by atoms with van der Waals surface area (Å²) in [6.07, 6.45) is 2.02. The maximum atomic E-state index is 12.1. The minimum absolute atomic E-state index is 0.0263. The van der Waals surface area contributed by atoms with Gasteiger partial charge in [-0.05, 0) is 17.9 Å². The first kappa shape index (κ1) is 15.2. The second-order valence-electron chi connectivity index (χ2n) is 4.48. The van der Waals surface area contributed by atoms with Crippen molar-refractivity contribution in [1.82, 2.24) is 14.9 Å². The lowest BCUT2D eigenvalue weighted by Crippen LogP contribution is -2.28. The highest BCUT2D eigenvalue weighted by Crippen LogP contribution is 2.13. The van der Waals surface area contributed by atoms with Crippen molar-refractivity contribution in [2.45, 2.75) is 25.8 Å². The van der Waals surface area contributed by atoms with E-state index in [4.69, 9.17) is 5.11 Å². The van der Waals surface area contributed by atoms with Gasteiger partial charge in [0.25, 0.3) is 5.56 Å². The molecule has 0 aromatic carbocycles. The lowest BCUT2D eigenvalue weighted by atomic mass is 10.3. The molecular weight excluding hydrogens is 294 g/mol. The van der Waals surface area contributed by atoms with Crippen molar-refractivity contribution in [2.24, 2.45) is 0 Å². The monoisotopic (exact) mass is 309 g/mol. The number of nitrogens with one attached hydrogen (secondary N) is 1. The summed E-state index contributed by atoms with van der Waals surface area (Å²) in [6.45, 7) is 0.574. The standard InChI is InChI=1S/C13H15N3O4S/c17-10(14-5-1-2-11(18)19)3-6-16-8-15-12-9(13(16)20)4-7-21-12/h4,7-8H,1-3,5-6H2,(H,14,17)(H,18,19). The molecule has 7 nitrogen and oxygen atoms in total. The van der Waals surface area contributed by atoms with Gasteiger partial charge in [-0.2, -0.15) is 0 Å². The third-order valence-electron chi connectivity index (χ3n) is 2.92. The molecule has 0 bridgehead atoms. The number of carbonyl (C=O) groups excluding carboxylic acids is 1. The number of aryl methyl sites for hydroxylation is 1. The zero-order valence-electron chi connectivity index (χ0n) is 11.2. The molecule has 0 aliphatic rings. The van der Waals surface area contributed by atoms with Crippen molar-refractivity contribution in [3.8, 4) is 0 Å². The normalized spacial score (nSPS) is 10.7. The van der Waals surface area contributed by atoms with E-state index in [9.17, 15) is 14.4 Å². The van der Waals surface area contributed by atoms with Crippen LogP contribution in [-0.4, -0.2) is 33.1 Å². The molecule has 1 amide bonds. The maximum Gasteiger partial charge on any atom is 0.303 e. The Hall–Kier alpha value is -2.22. The van der Waals surface area contributed by atoms with Gasteiger partial charge in [0.05, 0.1) is 11.7 Å². The van der Waals surface area contributed by atoms with Gasteiger partial charge in [-0.25, -0.2) is 4.98 Å². The Balaban J connectivity index is 1.84. The van der Waals surface area contributed by atoms with E-state index in [1.807, 2.05) is 0 Å². The van der Waals surface area contributed by atoms with Crippen LogP contribution < -0.4 is 10.9 Å². The van der Waals surface area contributed by atoms with Crippen LogP contribution in [0.3, 0.4) is 0 Å². The van der Waals surface area contributed by atoms with E-state index in [0.29, 0.717) is 23.2 Å².